The van der Waals surface area contributed by atoms with Crippen molar-refractivity contribution in [2.24, 2.45) is 0 Å². The number of non-ortho nitro benzene ring substituents is 1. The van der Waals surface area contributed by atoms with Crippen molar-refractivity contribution in [2.45, 2.75) is 26.3 Å². The third kappa shape index (κ3) is 5.57. The van der Waals surface area contributed by atoms with Crippen LogP contribution in [-0.4, -0.2) is 44.6 Å². The Kier molecular flexibility index (Phi) is 7.34. The molecule has 2 aromatic rings. The number of methoxy groups -OCH3 is 1. The molecule has 31 heavy (non-hydrogen) atoms. The van der Waals surface area contributed by atoms with Crippen molar-refractivity contribution >= 4 is 39.0 Å². The van der Waals surface area contributed by atoms with Gasteiger partial charge in [0, 0.05) is 17.8 Å². The van der Waals surface area contributed by atoms with Gasteiger partial charge in [0.25, 0.3) is 5.69 Å². The maximum atomic E-state index is 13.1. The second kappa shape index (κ2) is 9.56. The van der Waals surface area contributed by atoms with E-state index in [1.54, 1.807) is 26.0 Å². The molecule has 10 nitrogen and oxygen atoms in total. The van der Waals surface area contributed by atoms with E-state index in [4.69, 9.17) is 0 Å². The summed E-state index contributed by atoms with van der Waals surface area (Å²) in [6.45, 7) is 3.34. The third-order valence-corrected chi connectivity index (χ3v) is 5.72. The van der Waals surface area contributed by atoms with Gasteiger partial charge in [-0.25, -0.2) is 13.2 Å². The van der Waals surface area contributed by atoms with Gasteiger partial charge in [0.05, 0.1) is 29.5 Å². The lowest BCUT2D eigenvalue weighted by molar-refractivity contribution is -0.384. The molecule has 11 heteroatoms. The van der Waals surface area contributed by atoms with Gasteiger partial charge in [-0.1, -0.05) is 19.1 Å². The summed E-state index contributed by atoms with van der Waals surface area (Å²) >= 11 is 0. The Labute approximate surface area is 180 Å². The van der Waals surface area contributed by atoms with Crippen molar-refractivity contribution in [1.29, 1.82) is 0 Å². The van der Waals surface area contributed by atoms with Crippen molar-refractivity contribution in [3.63, 3.8) is 0 Å². The molecule has 0 radical (unpaired) electrons. The van der Waals surface area contributed by atoms with Crippen LogP contribution in [0.4, 0.5) is 17.1 Å². The van der Waals surface area contributed by atoms with Crippen molar-refractivity contribution in [3.05, 3.63) is 63.7 Å². The summed E-state index contributed by atoms with van der Waals surface area (Å²) < 4.78 is 30.6. The van der Waals surface area contributed by atoms with Gasteiger partial charge in [0.15, 0.2) is 0 Å². The number of aryl methyl sites for hydroxylation is 1. The van der Waals surface area contributed by atoms with Gasteiger partial charge in [-0.2, -0.15) is 0 Å². The predicted octanol–water partition coefficient (Wildman–Crippen LogP) is 2.87. The Morgan fingerprint density at radius 1 is 1.23 bits per heavy atom. The van der Waals surface area contributed by atoms with Crippen LogP contribution >= 0.6 is 0 Å². The average Bonchev–Trinajstić information content (AvgIpc) is 2.71. The Balaban J connectivity index is 2.46. The van der Waals surface area contributed by atoms with Crippen LogP contribution < -0.4 is 9.62 Å². The molecule has 0 aromatic heterocycles. The zero-order valence-corrected chi connectivity index (χ0v) is 18.3. The zero-order chi connectivity index (χ0) is 23.3. The van der Waals surface area contributed by atoms with Crippen molar-refractivity contribution < 1.29 is 27.7 Å². The maximum Gasteiger partial charge on any atom is 0.337 e. The molecular weight excluding hydrogens is 426 g/mol. The van der Waals surface area contributed by atoms with E-state index in [0.717, 1.165) is 16.6 Å². The van der Waals surface area contributed by atoms with E-state index in [2.05, 4.69) is 10.1 Å². The van der Waals surface area contributed by atoms with Crippen molar-refractivity contribution in [3.8, 4) is 0 Å². The first kappa shape index (κ1) is 23.8. The number of sulfonamides is 1. The lowest BCUT2D eigenvalue weighted by Gasteiger charge is -2.30. The van der Waals surface area contributed by atoms with E-state index in [9.17, 15) is 28.1 Å². The number of nitro groups is 1. The van der Waals surface area contributed by atoms with Gasteiger partial charge >= 0.3 is 5.97 Å². The molecular formula is C20H23N3O7S. The van der Waals surface area contributed by atoms with E-state index in [1.165, 1.54) is 31.4 Å². The Morgan fingerprint density at radius 3 is 2.45 bits per heavy atom. The number of hydrogen-bond acceptors (Lipinski definition) is 7. The number of nitro benzene ring substituents is 1. The second-order valence-corrected chi connectivity index (χ2v) is 8.63. The number of carbonyl (C=O) groups is 2. The lowest BCUT2D eigenvalue weighted by atomic mass is 10.1. The fraction of sp³-hybridized carbons (Fsp3) is 0.300. The zero-order valence-electron chi connectivity index (χ0n) is 17.5. The van der Waals surface area contributed by atoms with Crippen molar-refractivity contribution in [2.75, 3.05) is 23.0 Å². The van der Waals surface area contributed by atoms with E-state index >= 15 is 0 Å². The minimum Gasteiger partial charge on any atom is -0.465 e. The molecule has 1 atom stereocenters. The van der Waals surface area contributed by atoms with Crippen LogP contribution in [0.15, 0.2) is 42.5 Å². The number of amides is 1. The first-order valence-corrected chi connectivity index (χ1v) is 11.1. The fourth-order valence-electron chi connectivity index (χ4n) is 3.02. The number of hydrogen-bond donors (Lipinski definition) is 1. The summed E-state index contributed by atoms with van der Waals surface area (Å²) in [4.78, 5) is 35.3. The maximum absolute atomic E-state index is 13.1. The number of anilines is 2. The van der Waals surface area contributed by atoms with Gasteiger partial charge in [0.2, 0.25) is 15.9 Å². The van der Waals surface area contributed by atoms with E-state index in [1.807, 2.05) is 0 Å². The summed E-state index contributed by atoms with van der Waals surface area (Å²) in [5, 5.41) is 13.8. The number of nitrogens with one attached hydrogen (secondary N) is 1. The summed E-state index contributed by atoms with van der Waals surface area (Å²) in [6, 6.07) is 8.47. The quantitative estimate of drug-likeness (QED) is 0.372. The number of esters is 1. The highest BCUT2D eigenvalue weighted by Gasteiger charge is 2.32. The van der Waals surface area contributed by atoms with Gasteiger partial charge in [-0.15, -0.1) is 0 Å². The number of ether oxygens (including phenoxy) is 1. The first-order valence-electron chi connectivity index (χ1n) is 9.23. The standard InChI is InChI=1S/C20H23N3O7S/c1-5-18(19(24)21-17-11-14(20(25)30-3)10-9-13(17)2)22(31(4,28)29)15-7-6-8-16(12-15)23(26)27/h6-12,18H,5H2,1-4H3,(H,21,24)/t18-/m1/s1. The summed E-state index contributed by atoms with van der Waals surface area (Å²) in [5.41, 5.74) is 0.882. The number of carbonyl (C=O) groups excluding carboxylic acids is 2. The first-order chi connectivity index (χ1) is 14.5. The molecule has 2 aromatic carbocycles. The topological polar surface area (TPSA) is 136 Å². The van der Waals surface area contributed by atoms with Gasteiger partial charge in [-0.3, -0.25) is 19.2 Å². The largest absolute Gasteiger partial charge is 0.465 e. The molecule has 0 saturated carbocycles. The smallest absolute Gasteiger partial charge is 0.337 e. The lowest BCUT2D eigenvalue weighted by Crippen LogP contribution is -2.47. The molecule has 2 rings (SSSR count). The number of rotatable bonds is 8. The van der Waals surface area contributed by atoms with Crippen LogP contribution in [0, 0.1) is 17.0 Å². The average molecular weight is 449 g/mol. The van der Waals surface area contributed by atoms with Gasteiger partial charge in [-0.05, 0) is 37.1 Å². The van der Waals surface area contributed by atoms with E-state index in [-0.39, 0.29) is 23.4 Å². The summed E-state index contributed by atoms with van der Waals surface area (Å²) in [5.74, 6) is -1.23. The minimum absolute atomic E-state index is 0.00117. The monoisotopic (exact) mass is 449 g/mol. The molecule has 0 spiro atoms. The van der Waals surface area contributed by atoms with Crippen LogP contribution in [0.1, 0.15) is 29.3 Å². The number of benzene rings is 2. The van der Waals surface area contributed by atoms with E-state index < -0.39 is 32.9 Å². The van der Waals surface area contributed by atoms with Crippen LogP contribution in [-0.2, 0) is 19.6 Å². The minimum atomic E-state index is -3.97. The summed E-state index contributed by atoms with van der Waals surface area (Å²) in [6.07, 6.45) is 1.02. The molecule has 0 bridgehead atoms. The molecule has 1 amide bonds. The molecule has 0 unspecified atom stereocenters. The second-order valence-electron chi connectivity index (χ2n) is 6.77. The Hall–Kier alpha value is -3.47. The van der Waals surface area contributed by atoms with Gasteiger partial charge in [0.1, 0.15) is 6.04 Å². The fourth-order valence-corrected chi connectivity index (χ4v) is 4.23. The molecule has 1 N–H and O–H groups in total. The van der Waals surface area contributed by atoms with Crippen LogP contribution in [0.3, 0.4) is 0 Å². The third-order valence-electron chi connectivity index (χ3n) is 4.54. The van der Waals surface area contributed by atoms with Gasteiger partial charge < -0.3 is 10.1 Å². The molecule has 0 heterocycles. The molecule has 0 fully saturated rings. The summed E-state index contributed by atoms with van der Waals surface area (Å²) in [7, 11) is -2.74. The van der Waals surface area contributed by atoms with E-state index in [0.29, 0.717) is 11.3 Å². The Morgan fingerprint density at radius 2 is 1.90 bits per heavy atom. The highest BCUT2D eigenvalue weighted by molar-refractivity contribution is 7.92. The molecule has 0 saturated heterocycles. The highest BCUT2D eigenvalue weighted by Crippen LogP contribution is 2.27. The molecule has 0 aliphatic heterocycles. The molecule has 0 aliphatic rings. The van der Waals surface area contributed by atoms with Crippen molar-refractivity contribution in [1.82, 2.24) is 0 Å². The molecule has 0 aliphatic carbocycles. The van der Waals surface area contributed by atoms with Crippen LogP contribution in [0.25, 0.3) is 0 Å². The normalized spacial score (nSPS) is 12.0. The SMILES string of the molecule is CC[C@H](C(=O)Nc1cc(C(=O)OC)ccc1C)N(c1cccc([N+](=O)[O-])c1)S(C)(=O)=O. The van der Waals surface area contributed by atoms with Crippen LogP contribution in [0.5, 0.6) is 0 Å². The predicted molar refractivity (Wildman–Crippen MR) is 116 cm³/mol. The number of nitrogens with zero attached hydrogens (tertiary/aromatic N) is 2. The van der Waals surface area contributed by atoms with Crippen LogP contribution in [0.2, 0.25) is 0 Å². The Bertz CT molecular complexity index is 1120. The highest BCUT2D eigenvalue weighted by atomic mass is 32.2. The molecule has 166 valence electrons.